The van der Waals surface area contributed by atoms with Crippen LogP contribution in [0.4, 0.5) is 10.5 Å². The van der Waals surface area contributed by atoms with Crippen molar-refractivity contribution in [1.29, 1.82) is 0 Å². The number of carbonyl (C=O) groups excluding carboxylic acids is 3. The highest BCUT2D eigenvalue weighted by atomic mass is 16.6. The minimum absolute atomic E-state index is 0.205. The molecule has 0 fully saturated rings. The van der Waals surface area contributed by atoms with E-state index in [0.29, 0.717) is 11.3 Å². The molecule has 0 aliphatic rings. The summed E-state index contributed by atoms with van der Waals surface area (Å²) >= 11 is 0. The van der Waals surface area contributed by atoms with Crippen LogP contribution in [0.5, 0.6) is 0 Å². The SMILES string of the molecule is Cc1ccc(C)c(C(C(=O)Nc2c(C)cccc2C)N(CCO)C(=O)C(CO)NC(=O)OC(C)(C)C)c1. The summed E-state index contributed by atoms with van der Waals surface area (Å²) < 4.78 is 5.23. The van der Waals surface area contributed by atoms with Gasteiger partial charge in [-0.15, -0.1) is 0 Å². The number of benzene rings is 2. The molecule has 9 nitrogen and oxygen atoms in total. The number of aliphatic hydroxyl groups is 2. The Morgan fingerprint density at radius 1 is 0.973 bits per heavy atom. The van der Waals surface area contributed by atoms with E-state index in [1.807, 2.05) is 64.1 Å². The Morgan fingerprint density at radius 3 is 2.14 bits per heavy atom. The number of anilines is 1. The summed E-state index contributed by atoms with van der Waals surface area (Å²) in [6.07, 6.45) is -0.882. The monoisotopic (exact) mass is 513 g/mol. The molecular weight excluding hydrogens is 474 g/mol. The maximum atomic E-state index is 13.9. The third-order valence-electron chi connectivity index (χ3n) is 5.81. The molecule has 37 heavy (non-hydrogen) atoms. The lowest BCUT2D eigenvalue weighted by Crippen LogP contribution is -2.54. The summed E-state index contributed by atoms with van der Waals surface area (Å²) in [5, 5.41) is 25.2. The van der Waals surface area contributed by atoms with Gasteiger partial charge >= 0.3 is 6.09 Å². The number of para-hydroxylation sites is 1. The second kappa shape index (κ2) is 12.7. The second-order valence-corrected chi connectivity index (χ2v) is 10.2. The lowest BCUT2D eigenvalue weighted by atomic mass is 9.96. The lowest BCUT2D eigenvalue weighted by Gasteiger charge is -2.34. The van der Waals surface area contributed by atoms with Crippen LogP contribution in [0, 0.1) is 27.7 Å². The zero-order chi connectivity index (χ0) is 27.9. The summed E-state index contributed by atoms with van der Waals surface area (Å²) in [5.74, 6) is -1.22. The van der Waals surface area contributed by atoms with Crippen LogP contribution in [0.3, 0.4) is 0 Å². The fourth-order valence-corrected chi connectivity index (χ4v) is 4.02. The van der Waals surface area contributed by atoms with E-state index in [9.17, 15) is 24.6 Å². The van der Waals surface area contributed by atoms with Gasteiger partial charge in [0.15, 0.2) is 0 Å². The van der Waals surface area contributed by atoms with Crippen molar-refractivity contribution in [2.45, 2.75) is 66.2 Å². The van der Waals surface area contributed by atoms with E-state index in [0.717, 1.165) is 22.3 Å². The van der Waals surface area contributed by atoms with Crippen molar-refractivity contribution in [3.63, 3.8) is 0 Å². The molecule has 0 saturated heterocycles. The Balaban J connectivity index is 2.54. The van der Waals surface area contributed by atoms with Crippen molar-refractivity contribution >= 4 is 23.6 Å². The lowest BCUT2D eigenvalue weighted by molar-refractivity contribution is -0.142. The van der Waals surface area contributed by atoms with E-state index in [4.69, 9.17) is 4.74 Å². The van der Waals surface area contributed by atoms with Gasteiger partial charge in [0, 0.05) is 12.2 Å². The van der Waals surface area contributed by atoms with Crippen molar-refractivity contribution in [2.24, 2.45) is 0 Å². The maximum absolute atomic E-state index is 13.9. The van der Waals surface area contributed by atoms with Crippen LogP contribution in [-0.2, 0) is 14.3 Å². The van der Waals surface area contributed by atoms with Crippen LogP contribution in [0.15, 0.2) is 36.4 Å². The van der Waals surface area contributed by atoms with E-state index < -0.39 is 48.8 Å². The summed E-state index contributed by atoms with van der Waals surface area (Å²) in [4.78, 5) is 41.1. The van der Waals surface area contributed by atoms with Gasteiger partial charge in [0.1, 0.15) is 17.7 Å². The number of aryl methyl sites for hydroxylation is 4. The van der Waals surface area contributed by atoms with Gasteiger partial charge in [0.2, 0.25) is 5.91 Å². The van der Waals surface area contributed by atoms with Gasteiger partial charge in [0.25, 0.3) is 5.91 Å². The third kappa shape index (κ3) is 8.03. The molecule has 0 bridgehead atoms. The zero-order valence-corrected chi connectivity index (χ0v) is 22.7. The number of ether oxygens (including phenoxy) is 1. The predicted octanol–water partition coefficient (Wildman–Crippen LogP) is 3.31. The first-order valence-electron chi connectivity index (χ1n) is 12.2. The molecule has 2 unspecified atom stereocenters. The quantitative estimate of drug-likeness (QED) is 0.407. The molecule has 9 heteroatoms. The van der Waals surface area contributed by atoms with Crippen LogP contribution in [0.25, 0.3) is 0 Å². The summed E-state index contributed by atoms with van der Waals surface area (Å²) in [5.41, 5.74) is 3.74. The number of aliphatic hydroxyl groups excluding tert-OH is 2. The molecule has 0 radical (unpaired) electrons. The van der Waals surface area contributed by atoms with Gasteiger partial charge in [-0.05, 0) is 70.7 Å². The third-order valence-corrected chi connectivity index (χ3v) is 5.81. The number of nitrogens with zero attached hydrogens (tertiary/aromatic N) is 1. The number of hydrogen-bond donors (Lipinski definition) is 4. The van der Waals surface area contributed by atoms with Gasteiger partial charge in [-0.2, -0.15) is 0 Å². The second-order valence-electron chi connectivity index (χ2n) is 10.2. The molecule has 2 aromatic rings. The minimum atomic E-state index is -1.39. The average Bonchev–Trinajstić information content (AvgIpc) is 2.80. The number of rotatable bonds is 9. The zero-order valence-electron chi connectivity index (χ0n) is 22.7. The highest BCUT2D eigenvalue weighted by Gasteiger charge is 2.37. The molecule has 3 amide bonds. The van der Waals surface area contributed by atoms with Crippen LogP contribution in [0.1, 0.15) is 54.6 Å². The molecule has 2 aromatic carbocycles. The number of nitrogens with one attached hydrogen (secondary N) is 2. The molecule has 0 aliphatic heterocycles. The molecule has 0 aliphatic carbocycles. The van der Waals surface area contributed by atoms with Crippen molar-refractivity contribution in [3.8, 4) is 0 Å². The largest absolute Gasteiger partial charge is 0.444 e. The van der Waals surface area contributed by atoms with Crippen LogP contribution in [-0.4, -0.2) is 64.4 Å². The fraction of sp³-hybridized carbons (Fsp3) is 0.464. The van der Waals surface area contributed by atoms with E-state index in [2.05, 4.69) is 10.6 Å². The summed E-state index contributed by atoms with van der Waals surface area (Å²) in [6.45, 7) is 11.1. The molecule has 0 aromatic heterocycles. The molecule has 202 valence electrons. The van der Waals surface area contributed by atoms with Crippen molar-refractivity contribution < 1.29 is 29.3 Å². The Kier molecular flexibility index (Phi) is 10.2. The molecule has 4 N–H and O–H groups in total. The highest BCUT2D eigenvalue weighted by Crippen LogP contribution is 2.29. The Bertz CT molecular complexity index is 1110. The topological polar surface area (TPSA) is 128 Å². The van der Waals surface area contributed by atoms with Crippen LogP contribution in [0.2, 0.25) is 0 Å². The molecule has 0 heterocycles. The van der Waals surface area contributed by atoms with E-state index in [-0.39, 0.29) is 6.54 Å². The van der Waals surface area contributed by atoms with Gasteiger partial charge < -0.3 is 30.5 Å². The van der Waals surface area contributed by atoms with Gasteiger partial charge in [-0.25, -0.2) is 4.79 Å². The maximum Gasteiger partial charge on any atom is 0.408 e. The van der Waals surface area contributed by atoms with Gasteiger partial charge in [0.05, 0.1) is 13.2 Å². The van der Waals surface area contributed by atoms with Crippen molar-refractivity contribution in [3.05, 3.63) is 64.2 Å². The normalized spacial score (nSPS) is 12.9. The van der Waals surface area contributed by atoms with Crippen LogP contribution < -0.4 is 10.6 Å². The first kappa shape index (κ1) is 29.8. The smallest absolute Gasteiger partial charge is 0.408 e. The molecule has 0 saturated carbocycles. The molecule has 0 spiro atoms. The standard InChI is InChI=1S/C28H39N3O6/c1-17-11-12-18(2)21(15-17)24(25(34)30-23-19(3)9-8-10-20(23)4)31(13-14-32)26(35)22(16-33)29-27(36)37-28(5,6)7/h8-12,15,22,24,32-33H,13-14,16H2,1-7H3,(H,29,36)(H,30,34). The Labute approximate surface area is 218 Å². The number of amides is 3. The Hall–Kier alpha value is -3.43. The highest BCUT2D eigenvalue weighted by molar-refractivity contribution is 6.00. The first-order valence-corrected chi connectivity index (χ1v) is 12.2. The van der Waals surface area contributed by atoms with Crippen LogP contribution >= 0.6 is 0 Å². The molecular formula is C28H39N3O6. The van der Waals surface area contributed by atoms with E-state index >= 15 is 0 Å². The fourth-order valence-electron chi connectivity index (χ4n) is 4.02. The molecule has 2 rings (SSSR count). The minimum Gasteiger partial charge on any atom is -0.444 e. The van der Waals surface area contributed by atoms with Crippen molar-refractivity contribution in [2.75, 3.05) is 25.1 Å². The predicted molar refractivity (Wildman–Crippen MR) is 142 cm³/mol. The van der Waals surface area contributed by atoms with Crippen molar-refractivity contribution in [1.82, 2.24) is 10.2 Å². The average molecular weight is 514 g/mol. The molecule has 2 atom stereocenters. The summed E-state index contributed by atoms with van der Waals surface area (Å²) in [6, 6.07) is 8.68. The summed E-state index contributed by atoms with van der Waals surface area (Å²) in [7, 11) is 0. The number of carbonyl (C=O) groups is 3. The Morgan fingerprint density at radius 2 is 1.59 bits per heavy atom. The number of alkyl carbamates (subject to hydrolysis) is 1. The van der Waals surface area contributed by atoms with Gasteiger partial charge in [-0.1, -0.05) is 42.0 Å². The van der Waals surface area contributed by atoms with E-state index in [1.54, 1.807) is 20.8 Å². The number of hydrogen-bond acceptors (Lipinski definition) is 6. The van der Waals surface area contributed by atoms with Gasteiger partial charge in [-0.3, -0.25) is 9.59 Å². The first-order chi connectivity index (χ1) is 17.3. The van der Waals surface area contributed by atoms with E-state index in [1.165, 1.54) is 4.90 Å².